The van der Waals surface area contributed by atoms with Gasteiger partial charge in [0.05, 0.1) is 11.4 Å². The second-order valence-electron chi connectivity index (χ2n) is 7.33. The zero-order chi connectivity index (χ0) is 23.4. The van der Waals surface area contributed by atoms with Gasteiger partial charge in [-0.15, -0.1) is 4.57 Å². The van der Waals surface area contributed by atoms with Gasteiger partial charge in [0, 0.05) is 17.2 Å². The van der Waals surface area contributed by atoms with Gasteiger partial charge < -0.3 is 19.3 Å². The highest BCUT2D eigenvalue weighted by atomic mass is 35.5. The van der Waals surface area contributed by atoms with Crippen molar-refractivity contribution in [3.8, 4) is 11.5 Å². The molecule has 0 saturated heterocycles. The fraction of sp³-hybridized carbons (Fsp3) is 0.208. The Morgan fingerprint density at radius 2 is 1.97 bits per heavy atom. The smallest absolute Gasteiger partial charge is 0.287 e. The standard InChI is InChI=1S/C24H22ClN3O5/c1-3-20(32-18-7-5-4-6-8-18)24(30)27-19-12-16(25)9-10-21(19)31-14-17-13-23(29)28-22(26-17)11-15(2)33-28/h4-13,20H,3,14H2,1-2H3,(H,27,30). The number of aryl methyl sites for hydroxylation is 1. The van der Waals surface area contributed by atoms with Crippen molar-refractivity contribution in [1.82, 2.24) is 9.56 Å². The van der Waals surface area contributed by atoms with Crippen LogP contribution >= 0.6 is 11.6 Å². The van der Waals surface area contributed by atoms with E-state index >= 15 is 0 Å². The van der Waals surface area contributed by atoms with Crippen molar-refractivity contribution in [2.45, 2.75) is 33.0 Å². The van der Waals surface area contributed by atoms with Crippen LogP contribution in [0.2, 0.25) is 5.02 Å². The van der Waals surface area contributed by atoms with Crippen LogP contribution < -0.4 is 20.3 Å². The van der Waals surface area contributed by atoms with Gasteiger partial charge in [0.15, 0.2) is 11.8 Å². The summed E-state index contributed by atoms with van der Waals surface area (Å²) in [6, 6.07) is 17.0. The topological polar surface area (TPSA) is 95.1 Å². The summed E-state index contributed by atoms with van der Waals surface area (Å²) in [6.07, 6.45) is -0.233. The van der Waals surface area contributed by atoms with Gasteiger partial charge >= 0.3 is 0 Å². The number of hydrogen-bond donors (Lipinski definition) is 1. The van der Waals surface area contributed by atoms with Crippen molar-refractivity contribution in [2.24, 2.45) is 0 Å². The molecular weight excluding hydrogens is 446 g/mol. The largest absolute Gasteiger partial charge is 0.485 e. The predicted octanol–water partition coefficient (Wildman–Crippen LogP) is 4.62. The van der Waals surface area contributed by atoms with Crippen molar-refractivity contribution < 1.29 is 18.8 Å². The van der Waals surface area contributed by atoms with E-state index < -0.39 is 6.10 Å². The third-order valence-corrected chi connectivity index (χ3v) is 5.02. The first-order chi connectivity index (χ1) is 15.9. The monoisotopic (exact) mass is 467 g/mol. The molecular formula is C24H22ClN3O5. The van der Waals surface area contributed by atoms with Gasteiger partial charge in [-0.05, 0) is 43.7 Å². The minimum atomic E-state index is -0.701. The Kier molecular flexibility index (Phi) is 6.65. The zero-order valence-electron chi connectivity index (χ0n) is 18.1. The number of anilines is 1. The van der Waals surface area contributed by atoms with Crippen LogP contribution in [0.5, 0.6) is 11.5 Å². The van der Waals surface area contributed by atoms with E-state index in [1.807, 2.05) is 25.1 Å². The van der Waals surface area contributed by atoms with E-state index in [1.54, 1.807) is 43.3 Å². The third-order valence-electron chi connectivity index (χ3n) is 4.78. The molecule has 2 aromatic heterocycles. The van der Waals surface area contributed by atoms with E-state index in [2.05, 4.69) is 10.3 Å². The number of nitrogens with one attached hydrogen (secondary N) is 1. The molecule has 1 unspecified atom stereocenters. The van der Waals surface area contributed by atoms with Crippen LogP contribution in [0.1, 0.15) is 24.8 Å². The van der Waals surface area contributed by atoms with Crippen molar-refractivity contribution in [3.05, 3.63) is 87.5 Å². The molecule has 0 aliphatic heterocycles. The lowest BCUT2D eigenvalue weighted by atomic mass is 10.2. The molecule has 0 aliphatic rings. The highest BCUT2D eigenvalue weighted by Gasteiger charge is 2.20. The average molecular weight is 468 g/mol. The molecule has 9 heteroatoms. The zero-order valence-corrected chi connectivity index (χ0v) is 18.8. The summed E-state index contributed by atoms with van der Waals surface area (Å²) in [5, 5.41) is 3.26. The number of carbonyl (C=O) groups excluding carboxylic acids is 1. The number of aromatic nitrogens is 2. The number of para-hydroxylation sites is 1. The molecule has 0 radical (unpaired) electrons. The Hall–Kier alpha value is -3.78. The minimum Gasteiger partial charge on any atom is -0.485 e. The molecule has 170 valence electrons. The van der Waals surface area contributed by atoms with Crippen molar-refractivity contribution >= 4 is 28.8 Å². The Morgan fingerprint density at radius 3 is 2.73 bits per heavy atom. The van der Waals surface area contributed by atoms with Gasteiger partial charge in [-0.25, -0.2) is 4.98 Å². The maximum absolute atomic E-state index is 12.9. The Morgan fingerprint density at radius 1 is 1.18 bits per heavy atom. The molecule has 1 amide bonds. The molecule has 2 aromatic carbocycles. The second kappa shape index (κ2) is 9.79. The van der Waals surface area contributed by atoms with Crippen molar-refractivity contribution in [3.63, 3.8) is 0 Å². The number of nitrogens with zero attached hydrogens (tertiary/aromatic N) is 2. The SMILES string of the molecule is CCC(Oc1ccccc1)C(=O)Nc1cc(Cl)ccc1OCc1cc(=O)n2oc(C)cc2n1. The quantitative estimate of drug-likeness (QED) is 0.406. The van der Waals surface area contributed by atoms with E-state index in [-0.39, 0.29) is 18.1 Å². The van der Waals surface area contributed by atoms with E-state index in [0.717, 1.165) is 4.57 Å². The highest BCUT2D eigenvalue weighted by Crippen LogP contribution is 2.29. The lowest BCUT2D eigenvalue weighted by Gasteiger charge is -2.19. The van der Waals surface area contributed by atoms with Crippen LogP contribution in [0.25, 0.3) is 5.65 Å². The van der Waals surface area contributed by atoms with Crippen LogP contribution in [-0.2, 0) is 11.4 Å². The first kappa shape index (κ1) is 22.4. The summed E-state index contributed by atoms with van der Waals surface area (Å²) in [5.41, 5.74) is 0.860. The molecule has 0 aliphatic carbocycles. The van der Waals surface area contributed by atoms with Crippen LogP contribution in [0.4, 0.5) is 5.69 Å². The van der Waals surface area contributed by atoms with E-state index in [1.165, 1.54) is 6.07 Å². The van der Waals surface area contributed by atoms with Gasteiger partial charge in [-0.1, -0.05) is 36.7 Å². The number of ether oxygens (including phenoxy) is 2. The number of rotatable bonds is 8. The molecule has 0 saturated carbocycles. The molecule has 0 spiro atoms. The Balaban J connectivity index is 1.50. The lowest BCUT2D eigenvalue weighted by Crippen LogP contribution is -2.32. The van der Waals surface area contributed by atoms with E-state index in [4.69, 9.17) is 25.6 Å². The maximum atomic E-state index is 12.9. The highest BCUT2D eigenvalue weighted by molar-refractivity contribution is 6.31. The van der Waals surface area contributed by atoms with Crippen LogP contribution in [-0.4, -0.2) is 21.6 Å². The molecule has 4 aromatic rings. The van der Waals surface area contributed by atoms with E-state index in [9.17, 15) is 9.59 Å². The molecule has 2 heterocycles. The molecule has 1 N–H and O–H groups in total. The van der Waals surface area contributed by atoms with E-state index in [0.29, 0.717) is 45.7 Å². The first-order valence-electron chi connectivity index (χ1n) is 10.4. The molecule has 1 atom stereocenters. The van der Waals surface area contributed by atoms with Gasteiger partial charge in [0.1, 0.15) is 23.9 Å². The van der Waals surface area contributed by atoms with Crippen molar-refractivity contribution in [1.29, 1.82) is 0 Å². The fourth-order valence-electron chi connectivity index (χ4n) is 3.22. The average Bonchev–Trinajstić information content (AvgIpc) is 3.18. The number of hydrogen-bond acceptors (Lipinski definition) is 6. The number of benzene rings is 2. The number of carbonyl (C=O) groups is 1. The fourth-order valence-corrected chi connectivity index (χ4v) is 3.40. The summed E-state index contributed by atoms with van der Waals surface area (Å²) >= 11 is 6.14. The first-order valence-corrected chi connectivity index (χ1v) is 10.7. The maximum Gasteiger partial charge on any atom is 0.287 e. The van der Waals surface area contributed by atoms with Crippen molar-refractivity contribution in [2.75, 3.05) is 5.32 Å². The number of amides is 1. The minimum absolute atomic E-state index is 0.0121. The van der Waals surface area contributed by atoms with Gasteiger partial charge in [-0.2, -0.15) is 0 Å². The second-order valence-corrected chi connectivity index (χ2v) is 7.77. The van der Waals surface area contributed by atoms with Crippen LogP contribution in [0.15, 0.2) is 70.0 Å². The summed E-state index contributed by atoms with van der Waals surface area (Å²) in [5.74, 6) is 1.22. The van der Waals surface area contributed by atoms with Gasteiger partial charge in [-0.3, -0.25) is 9.59 Å². The molecule has 0 fully saturated rings. The van der Waals surface area contributed by atoms with Crippen LogP contribution in [0.3, 0.4) is 0 Å². The predicted molar refractivity (Wildman–Crippen MR) is 124 cm³/mol. The summed E-state index contributed by atoms with van der Waals surface area (Å²) in [7, 11) is 0. The van der Waals surface area contributed by atoms with Gasteiger partial charge in [0.25, 0.3) is 11.5 Å². The Labute approximate surface area is 194 Å². The summed E-state index contributed by atoms with van der Waals surface area (Å²) < 4.78 is 18.1. The molecule has 8 nitrogen and oxygen atoms in total. The van der Waals surface area contributed by atoms with Crippen LogP contribution in [0, 0.1) is 6.92 Å². The Bertz CT molecular complexity index is 1330. The third kappa shape index (κ3) is 5.35. The van der Waals surface area contributed by atoms with Gasteiger partial charge in [0.2, 0.25) is 0 Å². The molecule has 4 rings (SSSR count). The number of halogens is 1. The lowest BCUT2D eigenvalue weighted by molar-refractivity contribution is -0.122. The molecule has 33 heavy (non-hydrogen) atoms. The summed E-state index contributed by atoms with van der Waals surface area (Å²) in [6.45, 7) is 3.61. The molecule has 0 bridgehead atoms. The summed E-state index contributed by atoms with van der Waals surface area (Å²) in [4.78, 5) is 29.5. The normalized spacial score (nSPS) is 11.8. The number of fused-ring (bicyclic) bond motifs is 1.